The molecule has 13 aromatic rings. The van der Waals surface area contributed by atoms with Crippen LogP contribution in [0.3, 0.4) is 0 Å². The number of para-hydroxylation sites is 4. The highest BCUT2D eigenvalue weighted by molar-refractivity contribution is 6.25. The molecule has 0 bridgehead atoms. The molecular formula is C55H34N4. The molecule has 0 fully saturated rings. The van der Waals surface area contributed by atoms with Gasteiger partial charge in [0.05, 0.1) is 38.8 Å². The van der Waals surface area contributed by atoms with Crippen LogP contribution in [-0.2, 0) is 0 Å². The summed E-state index contributed by atoms with van der Waals surface area (Å²) < 4.78 is 7.29. The van der Waals surface area contributed by atoms with Crippen molar-refractivity contribution in [1.29, 1.82) is 0 Å². The van der Waals surface area contributed by atoms with Crippen molar-refractivity contribution >= 4 is 76.2 Å². The molecule has 4 heteroatoms. The van der Waals surface area contributed by atoms with Gasteiger partial charge in [-0.1, -0.05) is 146 Å². The molecule has 0 spiro atoms. The topological polar surface area (TPSA) is 27.7 Å². The molecule has 59 heavy (non-hydrogen) atoms. The van der Waals surface area contributed by atoms with Crippen LogP contribution in [-0.4, -0.2) is 18.7 Å². The first-order valence-corrected chi connectivity index (χ1v) is 20.2. The molecule has 0 saturated carbocycles. The number of aromatic nitrogens is 4. The van der Waals surface area contributed by atoms with Gasteiger partial charge in [0.1, 0.15) is 5.82 Å². The lowest BCUT2D eigenvalue weighted by Crippen LogP contribution is -2.02. The molecule has 13 rings (SSSR count). The second kappa shape index (κ2) is 12.3. The van der Waals surface area contributed by atoms with Gasteiger partial charge in [0.25, 0.3) is 0 Å². The van der Waals surface area contributed by atoms with Crippen molar-refractivity contribution in [1.82, 2.24) is 18.7 Å². The van der Waals surface area contributed by atoms with Crippen LogP contribution in [0.2, 0.25) is 0 Å². The predicted octanol–water partition coefficient (Wildman–Crippen LogP) is 14.3. The van der Waals surface area contributed by atoms with Crippen molar-refractivity contribution in [3.63, 3.8) is 0 Å². The SMILES string of the molecule is c1ccc(-c2cc(-c3ccccc3)nc(-n3c4cc(-n5c6ccccc6c6ccccc65)cc5ccc6cc(-n7c8ccccc8c8ccccc87)cc3c6c54)c2)cc1. The normalized spacial score (nSPS) is 12.1. The quantitative estimate of drug-likeness (QED) is 0.161. The fourth-order valence-electron chi connectivity index (χ4n) is 9.83. The van der Waals surface area contributed by atoms with Crippen molar-refractivity contribution < 1.29 is 0 Å². The van der Waals surface area contributed by atoms with E-state index in [9.17, 15) is 0 Å². The standard InChI is InChI=1S/C55H34N4/c1-3-15-35(16-4-1)39-31-46(36-17-5-2-6-18-36)56-53(32-39)59-51-33-40(57-47-23-11-7-19-42(47)43-20-8-12-24-48(43)57)29-37-27-28-38-30-41(34-52(59)55(38)54(37)51)58-49-25-13-9-21-44(49)45-22-10-14-26-50(45)58/h1-34H. The average Bonchev–Trinajstić information content (AvgIpc) is 3.94. The summed E-state index contributed by atoms with van der Waals surface area (Å²) in [6, 6.07) is 74.9. The van der Waals surface area contributed by atoms with Gasteiger partial charge in [0.2, 0.25) is 0 Å². The lowest BCUT2D eigenvalue weighted by Gasteiger charge is -2.15. The summed E-state index contributed by atoms with van der Waals surface area (Å²) in [6.07, 6.45) is 0. The minimum absolute atomic E-state index is 0.878. The van der Waals surface area contributed by atoms with Gasteiger partial charge in [0.15, 0.2) is 0 Å². The van der Waals surface area contributed by atoms with E-state index in [1.54, 1.807) is 0 Å². The number of hydrogen-bond donors (Lipinski definition) is 0. The van der Waals surface area contributed by atoms with E-state index in [0.717, 1.165) is 50.6 Å². The third-order valence-corrected chi connectivity index (χ3v) is 12.3. The number of hydrogen-bond acceptors (Lipinski definition) is 1. The first-order chi connectivity index (χ1) is 29.3. The van der Waals surface area contributed by atoms with Crippen molar-refractivity contribution in [3.8, 4) is 39.6 Å². The molecule has 4 aromatic heterocycles. The molecule has 0 aliphatic heterocycles. The lowest BCUT2D eigenvalue weighted by molar-refractivity contribution is 1.08. The van der Waals surface area contributed by atoms with E-state index in [1.807, 2.05) is 0 Å². The second-order valence-electron chi connectivity index (χ2n) is 15.6. The average molecular weight is 751 g/mol. The number of benzene rings is 9. The maximum absolute atomic E-state index is 5.57. The van der Waals surface area contributed by atoms with E-state index in [0.29, 0.717) is 0 Å². The zero-order chi connectivity index (χ0) is 38.6. The first kappa shape index (κ1) is 32.2. The van der Waals surface area contributed by atoms with Gasteiger partial charge in [-0.05, 0) is 82.6 Å². The molecule has 274 valence electrons. The maximum Gasteiger partial charge on any atom is 0.138 e. The summed E-state index contributed by atoms with van der Waals surface area (Å²) in [5.41, 5.74) is 13.5. The van der Waals surface area contributed by atoms with Crippen molar-refractivity contribution in [2.45, 2.75) is 0 Å². The van der Waals surface area contributed by atoms with Gasteiger partial charge in [-0.15, -0.1) is 0 Å². The lowest BCUT2D eigenvalue weighted by atomic mass is 10.0. The zero-order valence-corrected chi connectivity index (χ0v) is 31.9. The predicted molar refractivity (Wildman–Crippen MR) is 247 cm³/mol. The Labute approximate surface area is 339 Å². The third-order valence-electron chi connectivity index (χ3n) is 12.3. The van der Waals surface area contributed by atoms with Gasteiger partial charge in [-0.2, -0.15) is 0 Å². The third kappa shape index (κ3) is 4.69. The Morgan fingerprint density at radius 1 is 0.288 bits per heavy atom. The Balaban J connectivity index is 1.19. The summed E-state index contributed by atoms with van der Waals surface area (Å²) in [5.74, 6) is 0.878. The summed E-state index contributed by atoms with van der Waals surface area (Å²) in [4.78, 5) is 5.57. The van der Waals surface area contributed by atoms with Crippen LogP contribution >= 0.6 is 0 Å². The molecule has 0 aliphatic carbocycles. The zero-order valence-electron chi connectivity index (χ0n) is 31.9. The van der Waals surface area contributed by atoms with Gasteiger partial charge in [-0.25, -0.2) is 4.98 Å². The number of pyridine rings is 1. The fourth-order valence-corrected chi connectivity index (χ4v) is 9.83. The summed E-state index contributed by atoms with van der Waals surface area (Å²) in [7, 11) is 0. The van der Waals surface area contributed by atoms with Crippen LogP contribution < -0.4 is 0 Å². The Bertz CT molecular complexity index is 3420. The molecule has 0 N–H and O–H groups in total. The van der Waals surface area contributed by atoms with Crippen molar-refractivity contribution in [2.24, 2.45) is 0 Å². The summed E-state index contributed by atoms with van der Waals surface area (Å²) in [6.45, 7) is 0. The molecule has 4 heterocycles. The largest absolute Gasteiger partial charge is 0.309 e. The molecule has 0 atom stereocenters. The molecule has 0 amide bonds. The van der Waals surface area contributed by atoms with Gasteiger partial charge >= 0.3 is 0 Å². The number of rotatable bonds is 5. The molecule has 4 nitrogen and oxygen atoms in total. The minimum Gasteiger partial charge on any atom is -0.309 e. The van der Waals surface area contributed by atoms with E-state index in [-0.39, 0.29) is 0 Å². The Hall–Kier alpha value is -7.95. The van der Waals surface area contributed by atoms with E-state index in [2.05, 4.69) is 220 Å². The highest BCUT2D eigenvalue weighted by Gasteiger charge is 2.23. The van der Waals surface area contributed by atoms with E-state index >= 15 is 0 Å². The van der Waals surface area contributed by atoms with E-state index in [1.165, 1.54) is 65.2 Å². The van der Waals surface area contributed by atoms with Crippen LogP contribution in [0, 0.1) is 0 Å². The molecule has 0 saturated heterocycles. The van der Waals surface area contributed by atoms with Gasteiger partial charge < -0.3 is 9.13 Å². The number of fused-ring (bicyclic) bond motifs is 6. The fraction of sp³-hybridized carbons (Fsp3) is 0. The molecule has 0 aliphatic rings. The van der Waals surface area contributed by atoms with Gasteiger partial charge in [-0.3, -0.25) is 4.57 Å². The first-order valence-electron chi connectivity index (χ1n) is 20.2. The van der Waals surface area contributed by atoms with Crippen LogP contribution in [0.15, 0.2) is 206 Å². The van der Waals surface area contributed by atoms with Gasteiger partial charge in [0, 0.05) is 49.3 Å². The maximum atomic E-state index is 5.57. The Kier molecular flexibility index (Phi) is 6.69. The van der Waals surface area contributed by atoms with E-state index in [4.69, 9.17) is 4.98 Å². The van der Waals surface area contributed by atoms with Crippen molar-refractivity contribution in [2.75, 3.05) is 0 Å². The molecule has 0 unspecified atom stereocenters. The summed E-state index contributed by atoms with van der Waals surface area (Å²) in [5, 5.41) is 9.86. The van der Waals surface area contributed by atoms with Crippen LogP contribution in [0.4, 0.5) is 0 Å². The highest BCUT2D eigenvalue weighted by Crippen LogP contribution is 2.44. The molecule has 0 radical (unpaired) electrons. The monoisotopic (exact) mass is 750 g/mol. The molecular weight excluding hydrogens is 717 g/mol. The second-order valence-corrected chi connectivity index (χ2v) is 15.6. The Morgan fingerprint density at radius 3 is 1.15 bits per heavy atom. The highest BCUT2D eigenvalue weighted by atomic mass is 15.1. The van der Waals surface area contributed by atoms with Crippen LogP contribution in [0.25, 0.3) is 116 Å². The van der Waals surface area contributed by atoms with Crippen LogP contribution in [0.1, 0.15) is 0 Å². The van der Waals surface area contributed by atoms with Crippen molar-refractivity contribution in [3.05, 3.63) is 206 Å². The Morgan fingerprint density at radius 2 is 0.695 bits per heavy atom. The van der Waals surface area contributed by atoms with E-state index < -0.39 is 0 Å². The number of nitrogens with zero attached hydrogens (tertiary/aromatic N) is 4. The summed E-state index contributed by atoms with van der Waals surface area (Å²) >= 11 is 0. The minimum atomic E-state index is 0.878. The van der Waals surface area contributed by atoms with Crippen LogP contribution in [0.5, 0.6) is 0 Å². The molecule has 9 aromatic carbocycles. The smallest absolute Gasteiger partial charge is 0.138 e.